The second-order valence-corrected chi connectivity index (χ2v) is 12.2. The predicted molar refractivity (Wildman–Crippen MR) is 156 cm³/mol. The molecular formula is C28H19Cl2N3O5S2. The van der Waals surface area contributed by atoms with Crippen LogP contribution in [0, 0.1) is 5.92 Å². The van der Waals surface area contributed by atoms with Gasteiger partial charge in [-0.2, -0.15) is 0 Å². The molecule has 0 radical (unpaired) electrons. The van der Waals surface area contributed by atoms with E-state index in [1.54, 1.807) is 72.8 Å². The average Bonchev–Trinajstić information content (AvgIpc) is 3.44. The number of ether oxygens (including phenoxy) is 1. The maximum Gasteiger partial charge on any atom is 0.305 e. The standard InChI is InChI=1S/C28H19Cl2N3O5S2/c29-14-5-9-16(10-6-14)31-20(34)13-38-19-4-2-1-3-18(19)21-22-24(39-25-23(21)40-28(37)32-25)27(36)33(26(22)35)17-11-7-15(30)8-12-17/h1-12,21-22,24H,13H2,(H,31,34)(H,32,37)/t21-,22-,24+/m0/s1. The van der Waals surface area contributed by atoms with Crippen LogP contribution in [-0.4, -0.2) is 34.6 Å². The summed E-state index contributed by atoms with van der Waals surface area (Å²) in [6.45, 7) is -0.296. The summed E-state index contributed by atoms with van der Waals surface area (Å²) in [7, 11) is 0. The molecule has 3 aromatic carbocycles. The number of halogens is 2. The summed E-state index contributed by atoms with van der Waals surface area (Å²) in [6.07, 6.45) is 0. The number of anilines is 2. The first kappa shape index (κ1) is 26.6. The third-order valence-corrected chi connectivity index (χ3v) is 9.55. The molecule has 12 heteroatoms. The van der Waals surface area contributed by atoms with Crippen LogP contribution in [0.5, 0.6) is 5.75 Å². The molecule has 2 aliphatic rings. The van der Waals surface area contributed by atoms with Gasteiger partial charge in [0, 0.05) is 32.1 Å². The molecule has 202 valence electrons. The summed E-state index contributed by atoms with van der Waals surface area (Å²) >= 11 is 14.1. The molecule has 1 aromatic heterocycles. The highest BCUT2D eigenvalue weighted by Crippen LogP contribution is 2.54. The van der Waals surface area contributed by atoms with E-state index in [1.807, 2.05) is 0 Å². The Bertz CT molecular complexity index is 1690. The van der Waals surface area contributed by atoms with E-state index in [9.17, 15) is 19.2 Å². The van der Waals surface area contributed by atoms with Crippen LogP contribution in [0.25, 0.3) is 0 Å². The Morgan fingerprint density at radius 1 is 0.925 bits per heavy atom. The second-order valence-electron chi connectivity index (χ2n) is 9.12. The number of carbonyl (C=O) groups is 3. The molecule has 6 rings (SSSR count). The van der Waals surface area contributed by atoms with Crippen molar-refractivity contribution in [2.45, 2.75) is 16.2 Å². The van der Waals surface area contributed by atoms with E-state index in [1.165, 1.54) is 16.7 Å². The molecule has 2 N–H and O–H groups in total. The van der Waals surface area contributed by atoms with Gasteiger partial charge < -0.3 is 15.0 Å². The van der Waals surface area contributed by atoms with Crippen molar-refractivity contribution in [3.05, 3.63) is 103 Å². The van der Waals surface area contributed by atoms with Gasteiger partial charge in [0.1, 0.15) is 11.0 Å². The summed E-state index contributed by atoms with van der Waals surface area (Å²) in [4.78, 5) is 56.9. The summed E-state index contributed by atoms with van der Waals surface area (Å²) < 4.78 is 5.95. The molecule has 0 bridgehead atoms. The fraction of sp³-hybridized carbons (Fsp3) is 0.143. The first-order chi connectivity index (χ1) is 19.3. The summed E-state index contributed by atoms with van der Waals surface area (Å²) in [5.74, 6) is -2.19. The fourth-order valence-electron chi connectivity index (χ4n) is 4.94. The molecule has 0 spiro atoms. The molecule has 3 atom stereocenters. The van der Waals surface area contributed by atoms with Gasteiger partial charge in [0.15, 0.2) is 6.61 Å². The number of hydrogen-bond acceptors (Lipinski definition) is 7. The van der Waals surface area contributed by atoms with Gasteiger partial charge in [0.2, 0.25) is 11.8 Å². The van der Waals surface area contributed by atoms with Crippen LogP contribution < -0.4 is 19.8 Å². The van der Waals surface area contributed by atoms with Crippen molar-refractivity contribution < 1.29 is 19.1 Å². The number of aromatic amines is 1. The van der Waals surface area contributed by atoms with Crippen LogP contribution in [0.15, 0.2) is 82.6 Å². The number of rotatable bonds is 6. The topological polar surface area (TPSA) is 109 Å². The number of thioether (sulfide) groups is 1. The number of fused-ring (bicyclic) bond motifs is 2. The number of benzene rings is 3. The van der Waals surface area contributed by atoms with Crippen LogP contribution in [0.1, 0.15) is 16.4 Å². The Labute approximate surface area is 246 Å². The van der Waals surface area contributed by atoms with Gasteiger partial charge in [0.25, 0.3) is 5.91 Å². The molecule has 8 nitrogen and oxygen atoms in total. The molecule has 0 aliphatic carbocycles. The van der Waals surface area contributed by atoms with Crippen LogP contribution in [0.3, 0.4) is 0 Å². The highest BCUT2D eigenvalue weighted by molar-refractivity contribution is 8.00. The highest BCUT2D eigenvalue weighted by Gasteiger charge is 2.56. The largest absolute Gasteiger partial charge is 0.483 e. The first-order valence-electron chi connectivity index (χ1n) is 12.1. The lowest BCUT2D eigenvalue weighted by atomic mass is 9.82. The zero-order chi connectivity index (χ0) is 28.0. The molecule has 0 unspecified atom stereocenters. The van der Waals surface area contributed by atoms with Crippen molar-refractivity contribution in [2.24, 2.45) is 5.92 Å². The highest BCUT2D eigenvalue weighted by atomic mass is 35.5. The number of thiazole rings is 1. The van der Waals surface area contributed by atoms with Gasteiger partial charge >= 0.3 is 4.87 Å². The van der Waals surface area contributed by atoms with Gasteiger partial charge in [-0.3, -0.25) is 19.2 Å². The van der Waals surface area contributed by atoms with Gasteiger partial charge in [0.05, 0.1) is 16.6 Å². The monoisotopic (exact) mass is 611 g/mol. The summed E-state index contributed by atoms with van der Waals surface area (Å²) in [5, 5.41) is 3.58. The molecule has 1 saturated heterocycles. The number of para-hydroxylation sites is 1. The number of hydrogen-bond donors (Lipinski definition) is 2. The van der Waals surface area contributed by atoms with E-state index in [4.69, 9.17) is 27.9 Å². The van der Waals surface area contributed by atoms with Crippen molar-refractivity contribution in [1.82, 2.24) is 4.98 Å². The minimum absolute atomic E-state index is 0.280. The number of amides is 3. The van der Waals surface area contributed by atoms with Crippen molar-refractivity contribution in [3.63, 3.8) is 0 Å². The van der Waals surface area contributed by atoms with E-state index < -0.39 is 17.1 Å². The molecular weight excluding hydrogens is 593 g/mol. The van der Waals surface area contributed by atoms with Crippen LogP contribution in [-0.2, 0) is 14.4 Å². The molecule has 2 aliphatic heterocycles. The minimum Gasteiger partial charge on any atom is -0.483 e. The van der Waals surface area contributed by atoms with Gasteiger partial charge in [-0.1, -0.05) is 64.5 Å². The third kappa shape index (κ3) is 4.92. The van der Waals surface area contributed by atoms with Crippen molar-refractivity contribution in [1.29, 1.82) is 0 Å². The number of aromatic nitrogens is 1. The summed E-state index contributed by atoms with van der Waals surface area (Å²) in [6, 6.07) is 20.2. The Morgan fingerprint density at radius 3 is 2.33 bits per heavy atom. The van der Waals surface area contributed by atoms with Gasteiger partial charge in [-0.25, -0.2) is 4.90 Å². The smallest absolute Gasteiger partial charge is 0.305 e. The predicted octanol–water partition coefficient (Wildman–Crippen LogP) is 5.56. The number of imide groups is 1. The van der Waals surface area contributed by atoms with Crippen LogP contribution in [0.2, 0.25) is 10.0 Å². The van der Waals surface area contributed by atoms with Gasteiger partial charge in [-0.15, -0.1) is 0 Å². The van der Waals surface area contributed by atoms with Crippen molar-refractivity contribution >= 4 is 75.4 Å². The molecule has 40 heavy (non-hydrogen) atoms. The lowest BCUT2D eigenvalue weighted by molar-refractivity contribution is -0.122. The van der Waals surface area contributed by atoms with Crippen molar-refractivity contribution in [3.8, 4) is 5.75 Å². The first-order valence-corrected chi connectivity index (χ1v) is 14.6. The maximum absolute atomic E-state index is 13.9. The SMILES string of the molecule is O=C(COc1ccccc1[C@@H]1c2sc(=O)[nH]c2S[C@H]2C(=O)N(c3ccc(Cl)cc3)C(=O)[C@@H]12)Nc1ccc(Cl)cc1. The zero-order valence-electron chi connectivity index (χ0n) is 20.4. The van der Waals surface area contributed by atoms with E-state index in [2.05, 4.69) is 10.3 Å². The van der Waals surface area contributed by atoms with E-state index >= 15 is 0 Å². The van der Waals surface area contributed by atoms with Crippen molar-refractivity contribution in [2.75, 3.05) is 16.8 Å². The number of nitrogens with one attached hydrogen (secondary N) is 2. The average molecular weight is 613 g/mol. The normalized spacial score (nSPS) is 19.8. The minimum atomic E-state index is -0.792. The molecule has 3 amide bonds. The van der Waals surface area contributed by atoms with E-state index in [0.717, 1.165) is 11.3 Å². The van der Waals surface area contributed by atoms with E-state index in [-0.39, 0.29) is 29.2 Å². The number of carbonyl (C=O) groups excluding carboxylic acids is 3. The number of H-pyrrole nitrogens is 1. The maximum atomic E-state index is 13.9. The zero-order valence-corrected chi connectivity index (χ0v) is 23.6. The van der Waals surface area contributed by atoms with Crippen LogP contribution in [0.4, 0.5) is 11.4 Å². The van der Waals surface area contributed by atoms with Gasteiger partial charge in [-0.05, 0) is 54.6 Å². The lowest BCUT2D eigenvalue weighted by Crippen LogP contribution is -2.32. The molecule has 1 fully saturated rings. The van der Waals surface area contributed by atoms with E-state index in [0.29, 0.717) is 42.6 Å². The second kappa shape index (κ2) is 10.8. The Hall–Kier alpha value is -3.57. The number of nitrogens with zero attached hydrogens (tertiary/aromatic N) is 1. The quantitative estimate of drug-likeness (QED) is 0.276. The Kier molecular flexibility index (Phi) is 7.18. The third-order valence-electron chi connectivity index (χ3n) is 6.65. The Balaban J connectivity index is 1.33. The fourth-order valence-corrected chi connectivity index (χ4v) is 7.70. The molecule has 0 saturated carbocycles. The molecule has 4 aromatic rings. The lowest BCUT2D eigenvalue weighted by Gasteiger charge is -2.30. The molecule has 3 heterocycles. The van der Waals surface area contributed by atoms with Crippen LogP contribution >= 0.6 is 46.3 Å². The Morgan fingerprint density at radius 2 is 1.60 bits per heavy atom. The summed E-state index contributed by atoms with van der Waals surface area (Å²) in [5.41, 5.74) is 1.60.